The fourth-order valence-corrected chi connectivity index (χ4v) is 2.88. The van der Waals surface area contributed by atoms with Crippen LogP contribution >= 0.6 is 0 Å². The van der Waals surface area contributed by atoms with Crippen LogP contribution < -0.4 is 16.0 Å². The molecule has 0 radical (unpaired) electrons. The predicted octanol–water partition coefficient (Wildman–Crippen LogP) is 4.80. The molecule has 2 rings (SSSR count). The normalized spacial score (nSPS) is 12.8. The molecule has 1 heterocycles. The van der Waals surface area contributed by atoms with Crippen molar-refractivity contribution in [2.24, 2.45) is 5.41 Å². The molecule has 29 heavy (non-hydrogen) atoms. The molecule has 0 saturated heterocycles. The molecule has 2 aromatic rings. The lowest BCUT2D eigenvalue weighted by molar-refractivity contribution is -0.0270. The molecule has 1 aromatic carbocycles. The Morgan fingerprint density at radius 2 is 1.90 bits per heavy atom. The molecule has 5 heteroatoms. The molecule has 0 amide bonds. The van der Waals surface area contributed by atoms with Crippen LogP contribution in [0.4, 0.5) is 11.5 Å². The third-order valence-corrected chi connectivity index (χ3v) is 5.70. The van der Waals surface area contributed by atoms with E-state index in [1.165, 1.54) is 11.1 Å². The first-order valence-electron chi connectivity index (χ1n) is 10.1. The second-order valence-electron chi connectivity index (χ2n) is 8.87. The van der Waals surface area contributed by atoms with Crippen molar-refractivity contribution in [1.82, 2.24) is 10.3 Å². The molecule has 0 unspecified atom stereocenters. The van der Waals surface area contributed by atoms with Crippen LogP contribution in [0.3, 0.4) is 0 Å². The maximum atomic E-state index is 10.4. The summed E-state index contributed by atoms with van der Waals surface area (Å²) in [5, 5.41) is 20.4. The van der Waals surface area contributed by atoms with Crippen LogP contribution in [0.1, 0.15) is 40.2 Å². The first kappa shape index (κ1) is 22.9. The van der Waals surface area contributed by atoms with Gasteiger partial charge in [0, 0.05) is 36.6 Å². The Morgan fingerprint density at radius 3 is 2.55 bits per heavy atom. The number of pyridine rings is 1. The Morgan fingerprint density at radius 1 is 1.17 bits per heavy atom. The molecular weight excluding hydrogens is 360 g/mol. The Balaban J connectivity index is 2.23. The van der Waals surface area contributed by atoms with Crippen LogP contribution in [-0.4, -0.2) is 35.8 Å². The van der Waals surface area contributed by atoms with Gasteiger partial charge >= 0.3 is 0 Å². The fourth-order valence-electron chi connectivity index (χ4n) is 2.88. The summed E-state index contributed by atoms with van der Waals surface area (Å²) in [6, 6.07) is 10.4. The molecule has 0 spiro atoms. The summed E-state index contributed by atoms with van der Waals surface area (Å²) in [4.78, 5) is 4.43. The van der Waals surface area contributed by atoms with Gasteiger partial charge in [-0.15, -0.1) is 0 Å². The fraction of sp³-hybridized carbons (Fsp3) is 0.458. The summed E-state index contributed by atoms with van der Waals surface area (Å²) in [7, 11) is 1.93. The number of benzene rings is 1. The number of hydrogen-bond donors (Lipinski definition) is 4. The van der Waals surface area contributed by atoms with E-state index in [4.69, 9.17) is 0 Å². The van der Waals surface area contributed by atoms with Crippen LogP contribution in [0.25, 0.3) is 11.1 Å². The highest BCUT2D eigenvalue weighted by atomic mass is 16.3. The van der Waals surface area contributed by atoms with E-state index in [-0.39, 0.29) is 5.41 Å². The highest BCUT2D eigenvalue weighted by Gasteiger charge is 2.34. The third kappa shape index (κ3) is 6.05. The highest BCUT2D eigenvalue weighted by molar-refractivity contribution is 5.75. The number of aliphatic hydroxyl groups is 1. The summed E-state index contributed by atoms with van der Waals surface area (Å²) in [6.07, 6.45) is 3.81. The second kappa shape index (κ2) is 9.42. The monoisotopic (exact) mass is 396 g/mol. The van der Waals surface area contributed by atoms with Gasteiger partial charge in [0.25, 0.3) is 0 Å². The van der Waals surface area contributed by atoms with Gasteiger partial charge in [0.15, 0.2) is 0 Å². The SMILES string of the molecule is CNC/C(C)=C/Nc1cc(-c2cccc(NCC(C)(C)C(C)(C)O)c2C)ccn1. The molecule has 0 aliphatic rings. The Bertz CT molecular complexity index is 850. The molecule has 1 aromatic heterocycles. The van der Waals surface area contributed by atoms with E-state index in [1.54, 1.807) is 0 Å². The lowest BCUT2D eigenvalue weighted by Crippen LogP contribution is -2.43. The Hall–Kier alpha value is -2.37. The van der Waals surface area contributed by atoms with E-state index >= 15 is 0 Å². The highest BCUT2D eigenvalue weighted by Crippen LogP contribution is 2.33. The Kier molecular flexibility index (Phi) is 7.44. The van der Waals surface area contributed by atoms with Crippen molar-refractivity contribution in [3.63, 3.8) is 0 Å². The van der Waals surface area contributed by atoms with Gasteiger partial charge in [0.05, 0.1) is 5.60 Å². The number of rotatable bonds is 9. The molecule has 5 nitrogen and oxygen atoms in total. The summed E-state index contributed by atoms with van der Waals surface area (Å²) in [5.74, 6) is 0.818. The van der Waals surface area contributed by atoms with E-state index in [0.717, 1.165) is 29.2 Å². The van der Waals surface area contributed by atoms with Crippen molar-refractivity contribution in [2.45, 2.75) is 47.1 Å². The lowest BCUT2D eigenvalue weighted by atomic mass is 9.77. The van der Waals surface area contributed by atoms with Gasteiger partial charge in [-0.1, -0.05) is 26.0 Å². The van der Waals surface area contributed by atoms with E-state index in [1.807, 2.05) is 39.4 Å². The summed E-state index contributed by atoms with van der Waals surface area (Å²) >= 11 is 0. The van der Waals surface area contributed by atoms with E-state index in [9.17, 15) is 5.11 Å². The minimum absolute atomic E-state index is 0.263. The zero-order valence-corrected chi connectivity index (χ0v) is 18.9. The van der Waals surface area contributed by atoms with Crippen molar-refractivity contribution in [3.05, 3.63) is 53.9 Å². The number of hydrogen-bond acceptors (Lipinski definition) is 5. The van der Waals surface area contributed by atoms with Crippen LogP contribution in [0, 0.1) is 12.3 Å². The quantitative estimate of drug-likeness (QED) is 0.490. The minimum atomic E-state index is -0.768. The third-order valence-electron chi connectivity index (χ3n) is 5.70. The van der Waals surface area contributed by atoms with Gasteiger partial charge in [0.1, 0.15) is 5.82 Å². The number of likely N-dealkylation sites (N-methyl/N-ethyl adjacent to an activating group) is 1. The number of nitrogens with one attached hydrogen (secondary N) is 3. The molecule has 0 bridgehead atoms. The first-order chi connectivity index (χ1) is 13.5. The molecule has 158 valence electrons. The van der Waals surface area contributed by atoms with Crippen LogP contribution in [0.5, 0.6) is 0 Å². The van der Waals surface area contributed by atoms with E-state index < -0.39 is 5.60 Å². The average molecular weight is 397 g/mol. The average Bonchev–Trinajstić information content (AvgIpc) is 2.65. The molecule has 4 N–H and O–H groups in total. The van der Waals surface area contributed by atoms with Crippen molar-refractivity contribution >= 4 is 11.5 Å². The first-order valence-corrected chi connectivity index (χ1v) is 10.1. The van der Waals surface area contributed by atoms with Gasteiger partial charge in [-0.2, -0.15) is 0 Å². The van der Waals surface area contributed by atoms with Crippen molar-refractivity contribution < 1.29 is 5.11 Å². The summed E-state index contributed by atoms with van der Waals surface area (Å²) in [6.45, 7) is 13.6. The van der Waals surface area contributed by atoms with Crippen molar-refractivity contribution in [1.29, 1.82) is 0 Å². The van der Waals surface area contributed by atoms with Gasteiger partial charge < -0.3 is 21.1 Å². The predicted molar refractivity (Wildman–Crippen MR) is 124 cm³/mol. The standard InChI is InChI=1S/C24H36N4O/c1-17(14-25-7)15-27-22-13-19(11-12-26-22)20-9-8-10-21(18(20)2)28-16-23(3,4)24(5,6)29/h8-13,15,25,28-29H,14,16H2,1-7H3,(H,26,27)/b17-15+. The van der Waals surface area contributed by atoms with Crippen LogP contribution in [0.2, 0.25) is 0 Å². The molecule has 0 aliphatic heterocycles. The van der Waals surface area contributed by atoms with Gasteiger partial charge in [-0.3, -0.25) is 0 Å². The zero-order chi connectivity index (χ0) is 21.7. The molecule has 0 saturated carbocycles. The molecule has 0 fully saturated rings. The largest absolute Gasteiger partial charge is 0.390 e. The molecular formula is C24H36N4O. The topological polar surface area (TPSA) is 69.2 Å². The number of nitrogens with zero attached hydrogens (tertiary/aromatic N) is 1. The number of anilines is 2. The van der Waals surface area contributed by atoms with E-state index in [0.29, 0.717) is 6.54 Å². The summed E-state index contributed by atoms with van der Waals surface area (Å²) < 4.78 is 0. The summed E-state index contributed by atoms with van der Waals surface area (Å²) in [5.41, 5.74) is 4.71. The van der Waals surface area contributed by atoms with Crippen LogP contribution in [0.15, 0.2) is 48.3 Å². The van der Waals surface area contributed by atoms with Crippen molar-refractivity contribution in [3.8, 4) is 11.1 Å². The smallest absolute Gasteiger partial charge is 0.130 e. The molecule has 0 atom stereocenters. The van der Waals surface area contributed by atoms with Gasteiger partial charge in [-0.05, 0) is 75.2 Å². The van der Waals surface area contributed by atoms with Gasteiger partial charge in [-0.25, -0.2) is 4.98 Å². The van der Waals surface area contributed by atoms with E-state index in [2.05, 4.69) is 72.9 Å². The number of aromatic nitrogens is 1. The lowest BCUT2D eigenvalue weighted by Gasteiger charge is -2.37. The maximum Gasteiger partial charge on any atom is 0.130 e. The zero-order valence-electron chi connectivity index (χ0n) is 18.9. The van der Waals surface area contributed by atoms with Crippen molar-refractivity contribution in [2.75, 3.05) is 30.8 Å². The van der Waals surface area contributed by atoms with Gasteiger partial charge in [0.2, 0.25) is 0 Å². The van der Waals surface area contributed by atoms with Crippen LogP contribution in [-0.2, 0) is 0 Å². The Labute approximate surface area is 175 Å². The molecule has 0 aliphatic carbocycles. The second-order valence-corrected chi connectivity index (χ2v) is 8.87. The maximum absolute atomic E-state index is 10.4. The minimum Gasteiger partial charge on any atom is -0.390 e.